The Morgan fingerprint density at radius 1 is 0.630 bits per heavy atom. The predicted molar refractivity (Wildman–Crippen MR) is 109 cm³/mol. The van der Waals surface area contributed by atoms with Crippen LogP contribution >= 0.6 is 15.9 Å². The Hall–Kier alpha value is -2.98. The van der Waals surface area contributed by atoms with Crippen molar-refractivity contribution in [2.24, 2.45) is 0 Å². The van der Waals surface area contributed by atoms with Crippen LogP contribution < -0.4 is 0 Å². The van der Waals surface area contributed by atoms with E-state index in [1.165, 1.54) is 4.90 Å². The number of hydrogen-bond acceptors (Lipinski definition) is 2. The SMILES string of the molecule is O=C1C(c2ccccc2)=C(c2ccccc2)C(=O)N1Cc1ccc(Br)cc1. The number of carbonyl (C=O) groups excluding carboxylic acids is 2. The van der Waals surface area contributed by atoms with Gasteiger partial charge in [-0.1, -0.05) is 88.7 Å². The smallest absolute Gasteiger partial charge is 0.262 e. The quantitative estimate of drug-likeness (QED) is 0.564. The number of halogens is 1. The molecule has 3 aromatic rings. The zero-order valence-corrected chi connectivity index (χ0v) is 16.0. The van der Waals surface area contributed by atoms with Gasteiger partial charge >= 0.3 is 0 Å². The Bertz CT molecular complexity index is 963. The molecule has 0 radical (unpaired) electrons. The molecule has 0 fully saturated rings. The van der Waals surface area contributed by atoms with Gasteiger partial charge in [0.25, 0.3) is 11.8 Å². The van der Waals surface area contributed by atoms with E-state index in [9.17, 15) is 9.59 Å². The molecule has 0 unspecified atom stereocenters. The summed E-state index contributed by atoms with van der Waals surface area (Å²) in [5.41, 5.74) is 3.34. The molecular formula is C23H16BrNO2. The first-order chi connectivity index (χ1) is 13.1. The molecule has 0 atom stereocenters. The number of carbonyl (C=O) groups is 2. The molecule has 27 heavy (non-hydrogen) atoms. The lowest BCUT2D eigenvalue weighted by Crippen LogP contribution is -2.30. The fourth-order valence-corrected chi connectivity index (χ4v) is 3.50. The maximum atomic E-state index is 13.2. The molecule has 1 aliphatic heterocycles. The van der Waals surface area contributed by atoms with Crippen molar-refractivity contribution in [2.45, 2.75) is 6.54 Å². The molecule has 3 aromatic carbocycles. The Balaban J connectivity index is 1.79. The molecule has 0 bridgehead atoms. The van der Waals surface area contributed by atoms with Crippen molar-refractivity contribution in [1.29, 1.82) is 0 Å². The topological polar surface area (TPSA) is 37.4 Å². The summed E-state index contributed by atoms with van der Waals surface area (Å²) in [6.45, 7) is 0.248. The number of benzene rings is 3. The van der Waals surface area contributed by atoms with Gasteiger partial charge in [-0.05, 0) is 28.8 Å². The number of imide groups is 1. The van der Waals surface area contributed by atoms with Crippen LogP contribution in [0.15, 0.2) is 89.4 Å². The molecule has 0 spiro atoms. The van der Waals surface area contributed by atoms with Crippen molar-refractivity contribution in [1.82, 2.24) is 4.90 Å². The minimum atomic E-state index is -0.257. The summed E-state index contributed by atoms with van der Waals surface area (Å²) in [6.07, 6.45) is 0. The Morgan fingerprint density at radius 2 is 1.07 bits per heavy atom. The van der Waals surface area contributed by atoms with E-state index >= 15 is 0 Å². The van der Waals surface area contributed by atoms with Gasteiger partial charge < -0.3 is 0 Å². The van der Waals surface area contributed by atoms with Crippen LogP contribution in [0, 0.1) is 0 Å². The summed E-state index contributed by atoms with van der Waals surface area (Å²) in [6, 6.07) is 26.4. The second-order valence-electron chi connectivity index (χ2n) is 6.30. The third kappa shape index (κ3) is 3.36. The minimum absolute atomic E-state index is 0.248. The van der Waals surface area contributed by atoms with Gasteiger partial charge in [0.15, 0.2) is 0 Å². The van der Waals surface area contributed by atoms with E-state index in [1.54, 1.807) is 0 Å². The van der Waals surface area contributed by atoms with Crippen molar-refractivity contribution in [3.8, 4) is 0 Å². The zero-order chi connectivity index (χ0) is 18.8. The fraction of sp³-hybridized carbons (Fsp3) is 0.0435. The van der Waals surface area contributed by atoms with E-state index in [0.29, 0.717) is 11.1 Å². The highest BCUT2D eigenvalue weighted by atomic mass is 79.9. The lowest BCUT2D eigenvalue weighted by Gasteiger charge is -2.15. The van der Waals surface area contributed by atoms with Crippen molar-refractivity contribution >= 4 is 38.9 Å². The van der Waals surface area contributed by atoms with Gasteiger partial charge in [0.2, 0.25) is 0 Å². The fourth-order valence-electron chi connectivity index (χ4n) is 3.24. The molecule has 1 aliphatic rings. The zero-order valence-electron chi connectivity index (χ0n) is 14.4. The summed E-state index contributed by atoms with van der Waals surface area (Å²) in [7, 11) is 0. The number of amides is 2. The van der Waals surface area contributed by atoms with E-state index in [-0.39, 0.29) is 18.4 Å². The van der Waals surface area contributed by atoms with Crippen LogP contribution in [0.3, 0.4) is 0 Å². The second-order valence-corrected chi connectivity index (χ2v) is 7.22. The highest BCUT2D eigenvalue weighted by Gasteiger charge is 2.39. The summed E-state index contributed by atoms with van der Waals surface area (Å²) in [5.74, 6) is -0.513. The summed E-state index contributed by atoms with van der Waals surface area (Å²) in [4.78, 5) is 27.7. The van der Waals surface area contributed by atoms with E-state index in [1.807, 2.05) is 84.9 Å². The van der Waals surface area contributed by atoms with E-state index in [0.717, 1.165) is 21.2 Å². The molecule has 0 saturated heterocycles. The van der Waals surface area contributed by atoms with E-state index in [2.05, 4.69) is 15.9 Å². The van der Waals surface area contributed by atoms with Crippen LogP contribution in [0.4, 0.5) is 0 Å². The predicted octanol–water partition coefficient (Wildman–Crippen LogP) is 4.93. The normalized spacial score (nSPS) is 14.2. The standard InChI is InChI=1S/C23H16BrNO2/c24-19-13-11-16(12-14-19)15-25-22(26)20(17-7-3-1-4-8-17)21(23(25)27)18-9-5-2-6-10-18/h1-14H,15H2. The Morgan fingerprint density at radius 3 is 1.52 bits per heavy atom. The molecule has 0 aliphatic carbocycles. The second kappa shape index (κ2) is 7.33. The third-order valence-corrected chi connectivity index (χ3v) is 5.08. The summed E-state index contributed by atoms with van der Waals surface area (Å²) >= 11 is 3.41. The van der Waals surface area contributed by atoms with Gasteiger partial charge in [0, 0.05) is 4.47 Å². The lowest BCUT2D eigenvalue weighted by molar-refractivity contribution is -0.136. The van der Waals surface area contributed by atoms with Crippen molar-refractivity contribution in [3.05, 3.63) is 106 Å². The van der Waals surface area contributed by atoms with Gasteiger partial charge in [-0.2, -0.15) is 0 Å². The van der Waals surface area contributed by atoms with E-state index in [4.69, 9.17) is 0 Å². The van der Waals surface area contributed by atoms with Gasteiger partial charge in [0.05, 0.1) is 17.7 Å². The molecule has 4 rings (SSSR count). The van der Waals surface area contributed by atoms with Gasteiger partial charge in [0.1, 0.15) is 0 Å². The first-order valence-electron chi connectivity index (χ1n) is 8.61. The monoisotopic (exact) mass is 417 g/mol. The van der Waals surface area contributed by atoms with Gasteiger partial charge in [-0.15, -0.1) is 0 Å². The van der Waals surface area contributed by atoms with Gasteiger partial charge in [-0.3, -0.25) is 14.5 Å². The average molecular weight is 418 g/mol. The van der Waals surface area contributed by atoms with Crippen LogP contribution in [0.25, 0.3) is 11.1 Å². The van der Waals surface area contributed by atoms with Crippen LogP contribution in [-0.2, 0) is 16.1 Å². The number of rotatable bonds is 4. The van der Waals surface area contributed by atoms with Gasteiger partial charge in [-0.25, -0.2) is 0 Å². The molecule has 0 aromatic heterocycles. The summed E-state index contributed by atoms with van der Waals surface area (Å²) < 4.78 is 0.957. The first kappa shape index (κ1) is 17.4. The minimum Gasteiger partial charge on any atom is -0.270 e. The molecule has 0 saturated carbocycles. The van der Waals surface area contributed by atoms with Crippen LogP contribution in [0.2, 0.25) is 0 Å². The van der Waals surface area contributed by atoms with Crippen molar-refractivity contribution < 1.29 is 9.59 Å². The molecule has 4 heteroatoms. The number of hydrogen-bond donors (Lipinski definition) is 0. The largest absolute Gasteiger partial charge is 0.270 e. The van der Waals surface area contributed by atoms with Crippen LogP contribution in [-0.4, -0.2) is 16.7 Å². The van der Waals surface area contributed by atoms with Crippen LogP contribution in [0.1, 0.15) is 16.7 Å². The molecule has 1 heterocycles. The molecule has 0 N–H and O–H groups in total. The molecule has 2 amide bonds. The molecule has 3 nitrogen and oxygen atoms in total. The third-order valence-electron chi connectivity index (χ3n) is 4.55. The maximum absolute atomic E-state index is 13.2. The summed E-state index contributed by atoms with van der Waals surface area (Å²) in [5, 5.41) is 0. The average Bonchev–Trinajstić information content (AvgIpc) is 2.95. The first-order valence-corrected chi connectivity index (χ1v) is 9.40. The van der Waals surface area contributed by atoms with Crippen LogP contribution in [0.5, 0.6) is 0 Å². The highest BCUT2D eigenvalue weighted by molar-refractivity contribution is 9.10. The molecule has 132 valence electrons. The lowest BCUT2D eigenvalue weighted by atomic mass is 9.96. The highest BCUT2D eigenvalue weighted by Crippen LogP contribution is 2.36. The Labute approximate surface area is 166 Å². The maximum Gasteiger partial charge on any atom is 0.262 e. The van der Waals surface area contributed by atoms with Crippen molar-refractivity contribution in [3.63, 3.8) is 0 Å². The number of nitrogens with zero attached hydrogens (tertiary/aromatic N) is 1. The van der Waals surface area contributed by atoms with Crippen molar-refractivity contribution in [2.75, 3.05) is 0 Å². The van der Waals surface area contributed by atoms with E-state index < -0.39 is 0 Å². The Kier molecular flexibility index (Phi) is 4.73. The molecular weight excluding hydrogens is 402 g/mol.